The van der Waals surface area contributed by atoms with Gasteiger partial charge in [-0.2, -0.15) is 0 Å². The van der Waals surface area contributed by atoms with E-state index in [-0.39, 0.29) is 37.2 Å². The Morgan fingerprint density at radius 2 is 1.33 bits per heavy atom. The van der Waals surface area contributed by atoms with Gasteiger partial charge < -0.3 is 4.74 Å². The van der Waals surface area contributed by atoms with Gasteiger partial charge in [0, 0.05) is 0 Å². The van der Waals surface area contributed by atoms with Gasteiger partial charge in [-0.15, -0.1) is 37.2 Å². The van der Waals surface area contributed by atoms with Crippen LogP contribution in [0.3, 0.4) is 0 Å². The molecule has 1 rings (SSSR count). The topological polar surface area (TPSA) is 9.23 Å². The third kappa shape index (κ3) is 5.53. The second kappa shape index (κ2) is 8.98. The molecule has 0 aliphatic heterocycles. The molecule has 72 valence electrons. The molecule has 0 aliphatic carbocycles. The first kappa shape index (κ1) is 17.8. The fourth-order valence-electron chi connectivity index (χ4n) is 0.674. The van der Waals surface area contributed by atoms with Crippen LogP contribution in [0, 0.1) is 6.92 Å². The van der Waals surface area contributed by atoms with Crippen LogP contribution >= 0.6 is 37.2 Å². The minimum Gasteiger partial charge on any atom is -0.497 e. The summed E-state index contributed by atoms with van der Waals surface area (Å²) in [6.45, 7) is 2.06. The zero-order chi connectivity index (χ0) is 6.69. The van der Waals surface area contributed by atoms with E-state index in [0.717, 1.165) is 5.75 Å². The number of halogens is 3. The van der Waals surface area contributed by atoms with Gasteiger partial charge in [0.15, 0.2) is 0 Å². The van der Waals surface area contributed by atoms with Crippen LogP contribution in [0.2, 0.25) is 0 Å². The number of aryl methyl sites for hydroxylation is 1. The summed E-state index contributed by atoms with van der Waals surface area (Å²) in [4.78, 5) is 0. The molecule has 0 N–H and O–H groups in total. The molecule has 1 nitrogen and oxygen atoms in total. The van der Waals surface area contributed by atoms with E-state index in [1.165, 1.54) is 5.56 Å². The van der Waals surface area contributed by atoms with Crippen molar-refractivity contribution in [1.82, 2.24) is 0 Å². The van der Waals surface area contributed by atoms with Crippen LogP contribution in [0.25, 0.3) is 0 Å². The van der Waals surface area contributed by atoms with Crippen LogP contribution in [-0.4, -0.2) is 7.11 Å². The van der Waals surface area contributed by atoms with E-state index in [1.807, 2.05) is 24.3 Å². The van der Waals surface area contributed by atoms with Crippen molar-refractivity contribution >= 4 is 37.2 Å². The SMILES string of the molecule is COc1ccc(C)cc1.Cl.Cl.Cl. The minimum atomic E-state index is 0. The second-order valence-electron chi connectivity index (χ2n) is 2.02. The van der Waals surface area contributed by atoms with Crippen LogP contribution in [0.5, 0.6) is 5.75 Å². The number of hydrogen-bond donors (Lipinski definition) is 0. The molecule has 0 heterocycles. The number of rotatable bonds is 1. The molecule has 0 aliphatic rings. The zero-order valence-electron chi connectivity index (χ0n) is 6.94. The highest BCUT2D eigenvalue weighted by atomic mass is 35.5. The second-order valence-corrected chi connectivity index (χ2v) is 2.02. The van der Waals surface area contributed by atoms with Crippen LogP contribution in [-0.2, 0) is 0 Å². The third-order valence-electron chi connectivity index (χ3n) is 1.26. The lowest BCUT2D eigenvalue weighted by atomic mass is 10.2. The van der Waals surface area contributed by atoms with Crippen molar-refractivity contribution in [1.29, 1.82) is 0 Å². The van der Waals surface area contributed by atoms with Crippen molar-refractivity contribution in [2.45, 2.75) is 6.92 Å². The van der Waals surface area contributed by atoms with Crippen molar-refractivity contribution in [3.63, 3.8) is 0 Å². The van der Waals surface area contributed by atoms with E-state index in [0.29, 0.717) is 0 Å². The Hall–Kier alpha value is -0.110. The summed E-state index contributed by atoms with van der Waals surface area (Å²) in [5.41, 5.74) is 1.26. The first-order chi connectivity index (χ1) is 4.33. The van der Waals surface area contributed by atoms with Gasteiger partial charge >= 0.3 is 0 Å². The van der Waals surface area contributed by atoms with Crippen molar-refractivity contribution in [2.75, 3.05) is 7.11 Å². The number of benzene rings is 1. The normalized spacial score (nSPS) is 6.83. The Balaban J connectivity index is -0.000000270. The van der Waals surface area contributed by atoms with E-state index in [4.69, 9.17) is 4.74 Å². The Labute approximate surface area is 91.7 Å². The average Bonchev–Trinajstić information content (AvgIpc) is 1.90. The summed E-state index contributed by atoms with van der Waals surface area (Å²) >= 11 is 0. The molecule has 1 aromatic carbocycles. The molecule has 0 spiro atoms. The maximum atomic E-state index is 4.97. The van der Waals surface area contributed by atoms with E-state index in [9.17, 15) is 0 Å². The predicted molar refractivity (Wildman–Crippen MR) is 59.5 cm³/mol. The molecule has 0 aromatic heterocycles. The molecule has 4 heteroatoms. The fourth-order valence-corrected chi connectivity index (χ4v) is 0.674. The monoisotopic (exact) mass is 230 g/mol. The van der Waals surface area contributed by atoms with Crippen molar-refractivity contribution in [3.8, 4) is 5.75 Å². The lowest BCUT2D eigenvalue weighted by molar-refractivity contribution is 0.414. The van der Waals surface area contributed by atoms with Crippen LogP contribution in [0.15, 0.2) is 24.3 Å². The Bertz CT molecular complexity index is 186. The highest BCUT2D eigenvalue weighted by molar-refractivity contribution is 5.86. The van der Waals surface area contributed by atoms with E-state index in [2.05, 4.69) is 6.92 Å². The molecule has 0 atom stereocenters. The van der Waals surface area contributed by atoms with Gasteiger partial charge in [-0.3, -0.25) is 0 Å². The molecule has 0 amide bonds. The Morgan fingerprint density at radius 1 is 0.917 bits per heavy atom. The molecule has 0 bridgehead atoms. The van der Waals surface area contributed by atoms with Crippen LogP contribution in [0.4, 0.5) is 0 Å². The maximum Gasteiger partial charge on any atom is 0.118 e. The van der Waals surface area contributed by atoms with Crippen LogP contribution in [0.1, 0.15) is 5.56 Å². The summed E-state index contributed by atoms with van der Waals surface area (Å²) in [5, 5.41) is 0. The number of hydrogen-bond acceptors (Lipinski definition) is 1. The van der Waals surface area contributed by atoms with Crippen molar-refractivity contribution in [2.24, 2.45) is 0 Å². The number of ether oxygens (including phenoxy) is 1. The molecule has 0 saturated heterocycles. The quantitative estimate of drug-likeness (QED) is 0.721. The summed E-state index contributed by atoms with van der Waals surface area (Å²) in [7, 11) is 1.67. The van der Waals surface area contributed by atoms with Crippen LogP contribution < -0.4 is 4.74 Å². The van der Waals surface area contributed by atoms with Gasteiger partial charge in [-0.25, -0.2) is 0 Å². The predicted octanol–water partition coefficient (Wildman–Crippen LogP) is 3.27. The Kier molecular flexibility index (Phi) is 13.4. The molecular formula is C8H13Cl3O. The average molecular weight is 232 g/mol. The first-order valence-electron chi connectivity index (χ1n) is 2.93. The summed E-state index contributed by atoms with van der Waals surface area (Å²) in [6, 6.07) is 7.96. The summed E-state index contributed by atoms with van der Waals surface area (Å²) < 4.78 is 4.97. The molecule has 12 heavy (non-hydrogen) atoms. The minimum absolute atomic E-state index is 0. The summed E-state index contributed by atoms with van der Waals surface area (Å²) in [5.74, 6) is 0.917. The van der Waals surface area contributed by atoms with Crippen molar-refractivity contribution < 1.29 is 4.74 Å². The first-order valence-corrected chi connectivity index (χ1v) is 2.93. The highest BCUT2D eigenvalue weighted by Crippen LogP contribution is 2.09. The number of methoxy groups -OCH3 is 1. The van der Waals surface area contributed by atoms with Crippen molar-refractivity contribution in [3.05, 3.63) is 29.8 Å². The lowest BCUT2D eigenvalue weighted by Gasteiger charge is -1.97. The largest absolute Gasteiger partial charge is 0.497 e. The Morgan fingerprint density at radius 3 is 1.67 bits per heavy atom. The highest BCUT2D eigenvalue weighted by Gasteiger charge is 1.85. The molecule has 0 radical (unpaired) electrons. The van der Waals surface area contributed by atoms with E-state index >= 15 is 0 Å². The fraction of sp³-hybridized carbons (Fsp3) is 0.250. The van der Waals surface area contributed by atoms with Gasteiger partial charge in [0.1, 0.15) is 5.75 Å². The lowest BCUT2D eigenvalue weighted by Crippen LogP contribution is -1.80. The maximum absolute atomic E-state index is 4.97. The molecule has 0 saturated carbocycles. The standard InChI is InChI=1S/C8H10O.3ClH/c1-7-3-5-8(9-2)6-4-7;;;/h3-6H,1-2H3;3*1H. The van der Waals surface area contributed by atoms with E-state index < -0.39 is 0 Å². The van der Waals surface area contributed by atoms with E-state index in [1.54, 1.807) is 7.11 Å². The summed E-state index contributed by atoms with van der Waals surface area (Å²) in [6.07, 6.45) is 0. The third-order valence-corrected chi connectivity index (χ3v) is 1.26. The molecule has 0 unspecified atom stereocenters. The van der Waals surface area contributed by atoms with Gasteiger partial charge in [-0.05, 0) is 19.1 Å². The van der Waals surface area contributed by atoms with Gasteiger partial charge in [0.05, 0.1) is 7.11 Å². The van der Waals surface area contributed by atoms with Gasteiger partial charge in [-0.1, -0.05) is 17.7 Å². The molecular weight excluding hydrogens is 218 g/mol. The van der Waals surface area contributed by atoms with Gasteiger partial charge in [0.2, 0.25) is 0 Å². The molecule has 1 aromatic rings. The van der Waals surface area contributed by atoms with Gasteiger partial charge in [0.25, 0.3) is 0 Å². The zero-order valence-corrected chi connectivity index (χ0v) is 9.39. The molecule has 0 fully saturated rings. The smallest absolute Gasteiger partial charge is 0.118 e.